The second-order valence-electron chi connectivity index (χ2n) is 6.76. The summed E-state index contributed by atoms with van der Waals surface area (Å²) in [5, 5.41) is 3.41. The number of anilines is 1. The van der Waals surface area contributed by atoms with Gasteiger partial charge in [0.2, 0.25) is 5.95 Å². The Bertz CT molecular complexity index is 442. The molecule has 1 aromatic heterocycles. The van der Waals surface area contributed by atoms with Crippen LogP contribution in [0.25, 0.3) is 0 Å². The first kappa shape index (κ1) is 14.8. The van der Waals surface area contributed by atoms with E-state index in [2.05, 4.69) is 28.2 Å². The van der Waals surface area contributed by atoms with Gasteiger partial charge in [0.05, 0.1) is 0 Å². The van der Waals surface area contributed by atoms with Crippen molar-refractivity contribution >= 4 is 5.95 Å². The lowest BCUT2D eigenvalue weighted by Gasteiger charge is -2.30. The number of aromatic nitrogens is 2. The van der Waals surface area contributed by atoms with Gasteiger partial charge in [0.25, 0.3) is 0 Å². The highest BCUT2D eigenvalue weighted by molar-refractivity contribution is 5.26. The summed E-state index contributed by atoms with van der Waals surface area (Å²) in [5.74, 6) is 2.32. The number of piperidine rings is 1. The first-order chi connectivity index (χ1) is 10.3. The van der Waals surface area contributed by atoms with Crippen LogP contribution in [0.1, 0.15) is 57.1 Å². The maximum atomic E-state index is 4.71. The fourth-order valence-corrected chi connectivity index (χ4v) is 3.72. The molecule has 21 heavy (non-hydrogen) atoms. The van der Waals surface area contributed by atoms with Gasteiger partial charge in [-0.25, -0.2) is 9.97 Å². The van der Waals surface area contributed by atoms with Crippen molar-refractivity contribution in [2.75, 3.05) is 31.5 Å². The molecule has 2 heterocycles. The molecule has 0 spiro atoms. The Kier molecular flexibility index (Phi) is 5.07. The lowest BCUT2D eigenvalue weighted by Crippen LogP contribution is -2.37. The monoisotopic (exact) mass is 288 g/mol. The van der Waals surface area contributed by atoms with Crippen LogP contribution in [0.5, 0.6) is 0 Å². The summed E-state index contributed by atoms with van der Waals surface area (Å²) in [4.78, 5) is 11.6. The minimum Gasteiger partial charge on any atom is -0.353 e. The van der Waals surface area contributed by atoms with Crippen molar-refractivity contribution in [3.8, 4) is 0 Å². The Morgan fingerprint density at radius 1 is 1.24 bits per heavy atom. The van der Waals surface area contributed by atoms with Crippen LogP contribution in [0.15, 0.2) is 12.3 Å². The molecule has 0 aromatic carbocycles. The van der Waals surface area contributed by atoms with Gasteiger partial charge in [0.1, 0.15) is 0 Å². The Morgan fingerprint density at radius 3 is 2.90 bits per heavy atom. The number of likely N-dealkylation sites (tertiary alicyclic amines) is 1. The van der Waals surface area contributed by atoms with Crippen LogP contribution in [0.2, 0.25) is 0 Å². The zero-order valence-electron chi connectivity index (χ0n) is 13.2. The largest absolute Gasteiger partial charge is 0.353 e. The van der Waals surface area contributed by atoms with Gasteiger partial charge < -0.3 is 10.2 Å². The second kappa shape index (κ2) is 7.21. The predicted molar refractivity (Wildman–Crippen MR) is 86.6 cm³/mol. The maximum absolute atomic E-state index is 4.71. The van der Waals surface area contributed by atoms with Crippen molar-refractivity contribution in [3.63, 3.8) is 0 Å². The van der Waals surface area contributed by atoms with Gasteiger partial charge in [0, 0.05) is 37.4 Å². The Morgan fingerprint density at radius 2 is 2.10 bits per heavy atom. The predicted octanol–water partition coefficient (Wildman–Crippen LogP) is 3.28. The molecule has 1 atom stereocenters. The third-order valence-corrected chi connectivity index (χ3v) is 4.90. The number of nitrogens with zero attached hydrogens (tertiary/aromatic N) is 3. The molecule has 4 heteroatoms. The molecule has 2 aliphatic rings. The van der Waals surface area contributed by atoms with Crippen molar-refractivity contribution in [2.24, 2.45) is 5.92 Å². The smallest absolute Gasteiger partial charge is 0.222 e. The Labute approximate surface area is 128 Å². The van der Waals surface area contributed by atoms with Gasteiger partial charge >= 0.3 is 0 Å². The molecule has 0 amide bonds. The van der Waals surface area contributed by atoms with Gasteiger partial charge in [0.15, 0.2) is 0 Å². The van der Waals surface area contributed by atoms with Gasteiger partial charge in [-0.3, -0.25) is 0 Å². The lowest BCUT2D eigenvalue weighted by atomic mass is 10.0. The fourth-order valence-electron chi connectivity index (χ4n) is 3.72. The minimum atomic E-state index is 0.663. The standard InChI is InChI=1S/C17H28N4/c1-14-5-4-11-21(13-14)12-10-19-17-18-9-8-16(20-17)15-6-2-3-7-15/h8-9,14-15H,2-7,10-13H2,1H3,(H,18,19,20)/t14-/m1/s1. The van der Waals surface area contributed by atoms with E-state index in [1.54, 1.807) is 0 Å². The molecule has 1 aliphatic heterocycles. The maximum Gasteiger partial charge on any atom is 0.222 e. The molecule has 4 nitrogen and oxygen atoms in total. The fraction of sp³-hybridized carbons (Fsp3) is 0.765. The van der Waals surface area contributed by atoms with Crippen molar-refractivity contribution in [3.05, 3.63) is 18.0 Å². The van der Waals surface area contributed by atoms with Crippen molar-refractivity contribution in [1.82, 2.24) is 14.9 Å². The summed E-state index contributed by atoms with van der Waals surface area (Å²) in [6.45, 7) is 6.88. The summed E-state index contributed by atoms with van der Waals surface area (Å²) < 4.78 is 0. The summed E-state index contributed by atoms with van der Waals surface area (Å²) in [6.07, 6.45) is 9.93. The van der Waals surface area contributed by atoms with E-state index >= 15 is 0 Å². The van der Waals surface area contributed by atoms with Crippen LogP contribution in [0.4, 0.5) is 5.95 Å². The average molecular weight is 288 g/mol. The highest BCUT2D eigenvalue weighted by Crippen LogP contribution is 2.32. The van der Waals surface area contributed by atoms with E-state index in [-0.39, 0.29) is 0 Å². The summed E-state index contributed by atoms with van der Waals surface area (Å²) in [6, 6.07) is 2.09. The average Bonchev–Trinajstić information content (AvgIpc) is 3.02. The van der Waals surface area contributed by atoms with E-state index in [1.807, 2.05) is 6.20 Å². The first-order valence-electron chi connectivity index (χ1n) is 8.60. The topological polar surface area (TPSA) is 41.0 Å². The van der Waals surface area contributed by atoms with Crippen molar-refractivity contribution < 1.29 is 0 Å². The SMILES string of the molecule is C[C@@H]1CCCN(CCNc2nccc(C3CCCC3)n2)C1. The molecule has 1 saturated carbocycles. The normalized spacial score (nSPS) is 24.3. The molecule has 2 fully saturated rings. The van der Waals surface area contributed by atoms with Crippen LogP contribution in [-0.2, 0) is 0 Å². The summed E-state index contributed by atoms with van der Waals surface area (Å²) >= 11 is 0. The van der Waals surface area contributed by atoms with E-state index in [0.29, 0.717) is 5.92 Å². The van der Waals surface area contributed by atoms with E-state index < -0.39 is 0 Å². The molecule has 3 rings (SSSR count). The summed E-state index contributed by atoms with van der Waals surface area (Å²) in [5.41, 5.74) is 1.23. The van der Waals surface area contributed by atoms with E-state index in [4.69, 9.17) is 4.98 Å². The minimum absolute atomic E-state index is 0.663. The van der Waals surface area contributed by atoms with E-state index in [0.717, 1.165) is 25.0 Å². The zero-order chi connectivity index (χ0) is 14.5. The molecule has 116 valence electrons. The molecular formula is C17H28N4. The number of rotatable bonds is 5. The Hall–Kier alpha value is -1.16. The molecule has 1 aromatic rings. The van der Waals surface area contributed by atoms with Crippen LogP contribution in [-0.4, -0.2) is 41.0 Å². The first-order valence-corrected chi connectivity index (χ1v) is 8.60. The zero-order valence-corrected chi connectivity index (χ0v) is 13.2. The number of nitrogens with one attached hydrogen (secondary N) is 1. The number of hydrogen-bond donors (Lipinski definition) is 1. The van der Waals surface area contributed by atoms with Gasteiger partial charge in [-0.15, -0.1) is 0 Å². The van der Waals surface area contributed by atoms with Crippen LogP contribution < -0.4 is 5.32 Å². The van der Waals surface area contributed by atoms with Crippen LogP contribution in [0, 0.1) is 5.92 Å². The second-order valence-corrected chi connectivity index (χ2v) is 6.76. The van der Waals surface area contributed by atoms with Gasteiger partial charge in [-0.1, -0.05) is 19.8 Å². The Balaban J connectivity index is 1.47. The molecule has 1 N–H and O–H groups in total. The summed E-state index contributed by atoms with van der Waals surface area (Å²) in [7, 11) is 0. The lowest BCUT2D eigenvalue weighted by molar-refractivity contribution is 0.190. The quantitative estimate of drug-likeness (QED) is 0.903. The van der Waals surface area contributed by atoms with Gasteiger partial charge in [-0.2, -0.15) is 0 Å². The molecule has 0 radical (unpaired) electrons. The highest BCUT2D eigenvalue weighted by Gasteiger charge is 2.19. The number of hydrogen-bond acceptors (Lipinski definition) is 4. The highest BCUT2D eigenvalue weighted by atomic mass is 15.2. The molecule has 1 aliphatic carbocycles. The van der Waals surface area contributed by atoms with Gasteiger partial charge in [-0.05, 0) is 44.2 Å². The molecule has 0 bridgehead atoms. The van der Waals surface area contributed by atoms with Crippen LogP contribution in [0.3, 0.4) is 0 Å². The molecule has 1 saturated heterocycles. The van der Waals surface area contributed by atoms with Crippen molar-refractivity contribution in [1.29, 1.82) is 0 Å². The van der Waals surface area contributed by atoms with E-state index in [9.17, 15) is 0 Å². The van der Waals surface area contributed by atoms with E-state index in [1.165, 1.54) is 57.3 Å². The molecule has 0 unspecified atom stereocenters. The molecular weight excluding hydrogens is 260 g/mol. The third kappa shape index (κ3) is 4.16. The van der Waals surface area contributed by atoms with Crippen molar-refractivity contribution in [2.45, 2.75) is 51.4 Å². The van der Waals surface area contributed by atoms with Crippen LogP contribution >= 0.6 is 0 Å². The third-order valence-electron chi connectivity index (χ3n) is 4.90.